The zero-order valence-electron chi connectivity index (χ0n) is 26.2. The van der Waals surface area contributed by atoms with Crippen molar-refractivity contribution in [1.29, 1.82) is 0 Å². The summed E-state index contributed by atoms with van der Waals surface area (Å²) in [6.07, 6.45) is 0. The van der Waals surface area contributed by atoms with Crippen LogP contribution in [0.1, 0.15) is 0 Å². The normalized spacial score (nSPS) is 11.0. The molecule has 0 bridgehead atoms. The third kappa shape index (κ3) is 7.61. The number of methoxy groups -OCH3 is 2. The molecule has 2 amide bonds. The Labute approximate surface area is 290 Å². The molecular weight excluding hydrogens is 689 g/mol. The third-order valence-electron chi connectivity index (χ3n) is 7.27. The van der Waals surface area contributed by atoms with Gasteiger partial charge in [-0.3, -0.25) is 29.8 Å². The van der Waals surface area contributed by atoms with E-state index in [9.17, 15) is 29.8 Å². The summed E-state index contributed by atoms with van der Waals surface area (Å²) < 4.78 is 11.1. The predicted octanol–water partition coefficient (Wildman–Crippen LogP) is 6.40. The van der Waals surface area contributed by atoms with E-state index in [1.807, 2.05) is 12.1 Å². The molecule has 0 aliphatic carbocycles. The van der Waals surface area contributed by atoms with Crippen molar-refractivity contribution in [2.45, 2.75) is 10.3 Å². The number of non-ortho nitro benzene ring substituents is 2. The average molecular weight is 715 g/mol. The van der Waals surface area contributed by atoms with Crippen LogP contribution < -0.4 is 20.1 Å². The summed E-state index contributed by atoms with van der Waals surface area (Å²) in [7, 11) is 2.98. The molecular formula is C32H26N8O8S2. The van der Waals surface area contributed by atoms with Crippen molar-refractivity contribution in [3.05, 3.63) is 93.0 Å². The smallest absolute Gasteiger partial charge is 0.271 e. The second-order valence-electron chi connectivity index (χ2n) is 10.5. The Balaban J connectivity index is 1.07. The van der Waals surface area contributed by atoms with Crippen LogP contribution in [0.5, 0.6) is 11.5 Å². The molecule has 18 heteroatoms. The summed E-state index contributed by atoms with van der Waals surface area (Å²) in [6, 6.07) is 19.2. The maximum absolute atomic E-state index is 12.8. The lowest BCUT2D eigenvalue weighted by Gasteiger charge is -2.14. The quantitative estimate of drug-likeness (QED) is 0.0580. The second-order valence-corrected chi connectivity index (χ2v) is 12.4. The fourth-order valence-corrected chi connectivity index (χ4v) is 6.27. The van der Waals surface area contributed by atoms with E-state index >= 15 is 0 Å². The van der Waals surface area contributed by atoms with Gasteiger partial charge >= 0.3 is 0 Å². The van der Waals surface area contributed by atoms with E-state index in [1.165, 1.54) is 38.5 Å². The number of aromatic amines is 2. The topological polar surface area (TPSA) is 220 Å². The SMILES string of the molecule is COc1cc(-c2ccc(NC(=O)CSc3nc4ccc([N+](=O)[O-])cc4[nH]3)c(OC)c2)ccc1NC(=O)CSc1nc2ccc([N+](=O)[O-])cc2[nH]1. The zero-order valence-corrected chi connectivity index (χ0v) is 27.8. The van der Waals surface area contributed by atoms with Crippen molar-refractivity contribution in [1.82, 2.24) is 19.9 Å². The number of imidazole rings is 2. The minimum Gasteiger partial charge on any atom is -0.495 e. The van der Waals surface area contributed by atoms with E-state index in [4.69, 9.17) is 9.47 Å². The van der Waals surface area contributed by atoms with Crippen LogP contribution in [0.15, 0.2) is 83.1 Å². The van der Waals surface area contributed by atoms with E-state index in [-0.39, 0.29) is 34.7 Å². The molecule has 0 unspecified atom stereocenters. The minimum atomic E-state index is -0.487. The van der Waals surface area contributed by atoms with E-state index in [1.54, 1.807) is 36.4 Å². The van der Waals surface area contributed by atoms with Crippen LogP contribution >= 0.6 is 23.5 Å². The Bertz CT molecular complexity index is 2130. The van der Waals surface area contributed by atoms with Crippen LogP contribution in [-0.2, 0) is 9.59 Å². The monoisotopic (exact) mass is 714 g/mol. The molecule has 2 heterocycles. The van der Waals surface area contributed by atoms with Crippen molar-refractivity contribution >= 4 is 80.2 Å². The number of thioether (sulfide) groups is 2. The van der Waals surface area contributed by atoms with Gasteiger partial charge in [-0.15, -0.1) is 0 Å². The number of nitro benzene ring substituents is 2. The summed E-state index contributed by atoms with van der Waals surface area (Å²) >= 11 is 2.31. The van der Waals surface area contributed by atoms with E-state index in [2.05, 4.69) is 30.6 Å². The summed E-state index contributed by atoms with van der Waals surface area (Å²) in [5.74, 6) is 0.279. The van der Waals surface area contributed by atoms with Gasteiger partial charge in [0, 0.05) is 24.3 Å². The Hall–Kier alpha value is -6.14. The van der Waals surface area contributed by atoms with Crippen LogP contribution in [0.3, 0.4) is 0 Å². The number of nitrogens with one attached hydrogen (secondary N) is 4. The molecule has 0 aliphatic rings. The first-order chi connectivity index (χ1) is 24.1. The Morgan fingerprint density at radius 1 is 0.680 bits per heavy atom. The van der Waals surface area contributed by atoms with Crippen molar-refractivity contribution in [2.75, 3.05) is 36.4 Å². The number of hydrogen-bond donors (Lipinski definition) is 4. The number of aromatic nitrogens is 4. The summed E-state index contributed by atoms with van der Waals surface area (Å²) in [6.45, 7) is 0. The number of nitro groups is 2. The highest BCUT2D eigenvalue weighted by atomic mass is 32.2. The molecule has 0 atom stereocenters. The standard InChI is InChI=1S/C32H26N8O8S2/c1-47-27-11-17(3-7-23(27)33-29(41)15-49-31-35-21-9-5-19(39(43)44)13-25(21)37-31)18-4-8-24(28(12-18)48-2)34-30(42)16-50-32-36-22-10-6-20(40(45)46)14-26(22)38-32/h3-14H,15-16H2,1-2H3,(H,33,41)(H,34,42)(H,35,37)(H,36,38). The number of hydrogen-bond acceptors (Lipinski definition) is 12. The first kappa shape index (κ1) is 33.7. The van der Waals surface area contributed by atoms with Gasteiger partial charge in [-0.2, -0.15) is 0 Å². The molecule has 50 heavy (non-hydrogen) atoms. The summed E-state index contributed by atoms with van der Waals surface area (Å²) in [5.41, 5.74) is 4.44. The molecule has 0 saturated carbocycles. The highest BCUT2D eigenvalue weighted by molar-refractivity contribution is 8.00. The van der Waals surface area contributed by atoms with Gasteiger partial charge in [0.2, 0.25) is 11.8 Å². The maximum atomic E-state index is 12.8. The number of amides is 2. The van der Waals surface area contributed by atoms with Crippen molar-refractivity contribution < 1.29 is 28.9 Å². The molecule has 254 valence electrons. The van der Waals surface area contributed by atoms with Crippen molar-refractivity contribution in [2.24, 2.45) is 0 Å². The van der Waals surface area contributed by atoms with Crippen LogP contribution in [0.4, 0.5) is 22.7 Å². The minimum absolute atomic E-state index is 0.0266. The fraction of sp³-hybridized carbons (Fsp3) is 0.125. The summed E-state index contributed by atoms with van der Waals surface area (Å²) in [4.78, 5) is 61.4. The lowest BCUT2D eigenvalue weighted by atomic mass is 10.0. The molecule has 0 aliphatic heterocycles. The van der Waals surface area contributed by atoms with E-state index in [0.29, 0.717) is 55.3 Å². The maximum Gasteiger partial charge on any atom is 0.271 e. The van der Waals surface area contributed by atoms with Gasteiger partial charge in [0.25, 0.3) is 11.4 Å². The molecule has 2 aromatic heterocycles. The molecule has 4 aromatic carbocycles. The van der Waals surface area contributed by atoms with Gasteiger partial charge < -0.3 is 30.1 Å². The number of anilines is 2. The molecule has 0 spiro atoms. The molecule has 6 aromatic rings. The molecule has 4 N–H and O–H groups in total. The Morgan fingerprint density at radius 3 is 1.48 bits per heavy atom. The number of fused-ring (bicyclic) bond motifs is 2. The largest absolute Gasteiger partial charge is 0.495 e. The Morgan fingerprint density at radius 2 is 1.10 bits per heavy atom. The second kappa shape index (κ2) is 14.5. The lowest BCUT2D eigenvalue weighted by molar-refractivity contribution is -0.384. The number of carbonyl (C=O) groups is 2. The van der Waals surface area contributed by atoms with Crippen molar-refractivity contribution in [3.63, 3.8) is 0 Å². The molecule has 0 saturated heterocycles. The highest BCUT2D eigenvalue weighted by Crippen LogP contribution is 2.35. The van der Waals surface area contributed by atoms with Gasteiger partial charge in [-0.05, 0) is 47.5 Å². The van der Waals surface area contributed by atoms with Gasteiger partial charge in [0.1, 0.15) is 11.5 Å². The summed E-state index contributed by atoms with van der Waals surface area (Å²) in [5, 5.41) is 28.6. The predicted molar refractivity (Wildman–Crippen MR) is 189 cm³/mol. The average Bonchev–Trinajstić information content (AvgIpc) is 3.73. The third-order valence-corrected chi connectivity index (χ3v) is 9.02. The van der Waals surface area contributed by atoms with E-state index in [0.717, 1.165) is 34.7 Å². The van der Waals surface area contributed by atoms with Crippen molar-refractivity contribution in [3.8, 4) is 22.6 Å². The first-order valence-corrected chi connectivity index (χ1v) is 16.6. The fourth-order valence-electron chi connectivity index (χ4n) is 4.90. The van der Waals surface area contributed by atoms with Gasteiger partial charge in [0.15, 0.2) is 10.3 Å². The van der Waals surface area contributed by atoms with E-state index < -0.39 is 9.85 Å². The van der Waals surface area contributed by atoms with Crippen LogP contribution in [0, 0.1) is 20.2 Å². The van der Waals surface area contributed by atoms with Gasteiger partial charge in [-0.1, -0.05) is 35.7 Å². The molecule has 6 rings (SSSR count). The number of nitrogens with zero attached hydrogens (tertiary/aromatic N) is 4. The van der Waals surface area contributed by atoms with Gasteiger partial charge in [0.05, 0.1) is 69.0 Å². The number of H-pyrrole nitrogens is 2. The molecule has 0 radical (unpaired) electrons. The van der Waals surface area contributed by atoms with Crippen LogP contribution in [0.2, 0.25) is 0 Å². The molecule has 16 nitrogen and oxygen atoms in total. The Kier molecular flexibility index (Phi) is 9.82. The number of ether oxygens (including phenoxy) is 2. The molecule has 0 fully saturated rings. The number of rotatable bonds is 13. The lowest BCUT2D eigenvalue weighted by Crippen LogP contribution is -2.15. The highest BCUT2D eigenvalue weighted by Gasteiger charge is 2.16. The van der Waals surface area contributed by atoms with Gasteiger partial charge in [-0.25, -0.2) is 9.97 Å². The first-order valence-electron chi connectivity index (χ1n) is 14.6. The van der Waals surface area contributed by atoms with Crippen LogP contribution in [0.25, 0.3) is 33.2 Å². The number of carbonyl (C=O) groups excluding carboxylic acids is 2. The number of benzene rings is 4. The zero-order chi connectivity index (χ0) is 35.4. The van der Waals surface area contributed by atoms with Crippen LogP contribution in [-0.4, -0.2) is 67.3 Å².